The molecule has 0 saturated heterocycles. The van der Waals surface area contributed by atoms with Crippen molar-refractivity contribution in [3.63, 3.8) is 0 Å². The summed E-state index contributed by atoms with van der Waals surface area (Å²) in [4.78, 5) is 28.5. The lowest BCUT2D eigenvalue weighted by molar-refractivity contribution is -0.140. The van der Waals surface area contributed by atoms with Crippen molar-refractivity contribution in [2.45, 2.75) is 64.6 Å². The number of nitrogens with zero attached hydrogens (tertiary/aromatic N) is 2. The largest absolute Gasteiger partial charge is 0.352 e. The van der Waals surface area contributed by atoms with Crippen LogP contribution in [0.5, 0.6) is 0 Å². The van der Waals surface area contributed by atoms with Gasteiger partial charge in [0.15, 0.2) is 0 Å². The van der Waals surface area contributed by atoms with Crippen LogP contribution in [0.3, 0.4) is 0 Å². The summed E-state index contributed by atoms with van der Waals surface area (Å²) in [6.07, 6.45) is 5.39. The number of aryl methyl sites for hydroxylation is 1. The van der Waals surface area contributed by atoms with E-state index in [4.69, 9.17) is 23.2 Å². The van der Waals surface area contributed by atoms with Gasteiger partial charge in [-0.15, -0.1) is 0 Å². The lowest BCUT2D eigenvalue weighted by Gasteiger charge is -2.33. The van der Waals surface area contributed by atoms with Crippen molar-refractivity contribution in [3.05, 3.63) is 63.6 Å². The van der Waals surface area contributed by atoms with Crippen LogP contribution in [0.1, 0.15) is 50.2 Å². The quantitative estimate of drug-likeness (QED) is 0.451. The summed E-state index contributed by atoms with van der Waals surface area (Å²) in [6.45, 7) is 3.38. The minimum Gasteiger partial charge on any atom is -0.352 e. The Hall–Kier alpha value is -2.29. The number of rotatable bonds is 10. The Kier molecular flexibility index (Phi) is 9.66. The molecule has 0 radical (unpaired) electrons. The molecule has 1 saturated carbocycles. The standard InChI is InChI=1S/C26H33Cl2N3O4S/c1-4-24(26(33)29-20-7-5-6-8-20)30(16-19-11-14-22(27)23(28)15-19)25(32)17-31(36(3,34)35)21-12-9-18(2)10-13-21/h9-15,20,24H,4-8,16-17H2,1-3H3,(H,29,33)/t24-/m0/s1. The van der Waals surface area contributed by atoms with E-state index in [9.17, 15) is 18.0 Å². The smallest absolute Gasteiger partial charge is 0.244 e. The summed E-state index contributed by atoms with van der Waals surface area (Å²) in [5, 5.41) is 3.80. The molecule has 0 spiro atoms. The number of carbonyl (C=O) groups is 2. The van der Waals surface area contributed by atoms with Gasteiger partial charge in [0.2, 0.25) is 21.8 Å². The van der Waals surface area contributed by atoms with Gasteiger partial charge in [0, 0.05) is 12.6 Å². The Morgan fingerprint density at radius 1 is 1.06 bits per heavy atom. The second-order valence-corrected chi connectivity index (χ2v) is 12.0. The highest BCUT2D eigenvalue weighted by molar-refractivity contribution is 7.92. The van der Waals surface area contributed by atoms with Gasteiger partial charge < -0.3 is 10.2 Å². The molecule has 0 unspecified atom stereocenters. The van der Waals surface area contributed by atoms with Crippen LogP contribution in [0.2, 0.25) is 10.0 Å². The predicted octanol–water partition coefficient (Wildman–Crippen LogP) is 4.93. The van der Waals surface area contributed by atoms with Gasteiger partial charge in [-0.25, -0.2) is 8.42 Å². The Balaban J connectivity index is 1.93. The van der Waals surface area contributed by atoms with E-state index in [0.29, 0.717) is 27.7 Å². The SMILES string of the molecule is CC[C@@H](C(=O)NC1CCCC1)N(Cc1ccc(Cl)c(Cl)c1)C(=O)CN(c1ccc(C)cc1)S(C)(=O)=O. The van der Waals surface area contributed by atoms with E-state index in [1.54, 1.807) is 42.5 Å². The summed E-state index contributed by atoms with van der Waals surface area (Å²) in [5.41, 5.74) is 2.04. The monoisotopic (exact) mass is 553 g/mol. The third-order valence-electron chi connectivity index (χ3n) is 6.43. The van der Waals surface area contributed by atoms with Crippen molar-refractivity contribution in [2.75, 3.05) is 17.1 Å². The molecule has 2 amide bonds. The molecule has 1 atom stereocenters. The van der Waals surface area contributed by atoms with Crippen LogP contribution >= 0.6 is 23.2 Å². The van der Waals surface area contributed by atoms with Gasteiger partial charge in [-0.05, 0) is 56.0 Å². The number of sulfonamides is 1. The third-order valence-corrected chi connectivity index (χ3v) is 8.31. The Labute approximate surface area is 223 Å². The van der Waals surface area contributed by atoms with Crippen molar-refractivity contribution < 1.29 is 18.0 Å². The summed E-state index contributed by atoms with van der Waals surface area (Å²) in [5.74, 6) is -0.723. The highest BCUT2D eigenvalue weighted by Gasteiger charge is 2.33. The number of halogens is 2. The number of anilines is 1. The average molecular weight is 555 g/mol. The normalized spacial score (nSPS) is 14.9. The highest BCUT2D eigenvalue weighted by atomic mass is 35.5. The topological polar surface area (TPSA) is 86.8 Å². The molecule has 36 heavy (non-hydrogen) atoms. The maximum atomic E-state index is 13.7. The second-order valence-electron chi connectivity index (χ2n) is 9.29. The van der Waals surface area contributed by atoms with Gasteiger partial charge in [0.05, 0.1) is 22.0 Å². The third kappa shape index (κ3) is 7.37. The number of hydrogen-bond acceptors (Lipinski definition) is 4. The zero-order valence-corrected chi connectivity index (χ0v) is 23.2. The van der Waals surface area contributed by atoms with Crippen LogP contribution in [-0.2, 0) is 26.2 Å². The van der Waals surface area contributed by atoms with E-state index < -0.39 is 28.5 Å². The first-order valence-electron chi connectivity index (χ1n) is 12.1. The number of carbonyl (C=O) groups excluding carboxylic acids is 2. The Morgan fingerprint density at radius 2 is 1.69 bits per heavy atom. The average Bonchev–Trinajstić information content (AvgIpc) is 3.32. The van der Waals surface area contributed by atoms with Gasteiger partial charge in [-0.2, -0.15) is 0 Å². The molecule has 1 aliphatic rings. The maximum Gasteiger partial charge on any atom is 0.244 e. The van der Waals surface area contributed by atoms with Crippen molar-refractivity contribution in [3.8, 4) is 0 Å². The fraction of sp³-hybridized carbons (Fsp3) is 0.462. The molecule has 1 aliphatic carbocycles. The van der Waals surface area contributed by atoms with Crippen molar-refractivity contribution in [1.82, 2.24) is 10.2 Å². The van der Waals surface area contributed by atoms with Crippen molar-refractivity contribution in [1.29, 1.82) is 0 Å². The first-order chi connectivity index (χ1) is 17.0. The summed E-state index contributed by atoms with van der Waals surface area (Å²) >= 11 is 12.3. The zero-order valence-electron chi connectivity index (χ0n) is 20.8. The Morgan fingerprint density at radius 3 is 2.25 bits per heavy atom. The van der Waals surface area contributed by atoms with E-state index in [0.717, 1.165) is 41.8 Å². The molecular formula is C26H33Cl2N3O4S. The second kappa shape index (κ2) is 12.3. The number of benzene rings is 2. The van der Waals surface area contributed by atoms with Crippen LogP contribution in [0.15, 0.2) is 42.5 Å². The molecule has 1 fully saturated rings. The number of nitrogens with one attached hydrogen (secondary N) is 1. The van der Waals surface area contributed by atoms with Gasteiger partial charge in [-0.1, -0.05) is 66.7 Å². The van der Waals surface area contributed by atoms with Gasteiger partial charge in [0.25, 0.3) is 0 Å². The van der Waals surface area contributed by atoms with Crippen LogP contribution in [0.25, 0.3) is 0 Å². The lowest BCUT2D eigenvalue weighted by Crippen LogP contribution is -2.53. The van der Waals surface area contributed by atoms with Crippen molar-refractivity contribution >= 4 is 50.7 Å². The molecule has 1 N–H and O–H groups in total. The zero-order chi connectivity index (χ0) is 26.5. The fourth-order valence-electron chi connectivity index (χ4n) is 4.45. The first-order valence-corrected chi connectivity index (χ1v) is 14.7. The minimum atomic E-state index is -3.77. The molecule has 0 aromatic heterocycles. The van der Waals surface area contributed by atoms with E-state index in [1.165, 1.54) is 4.90 Å². The molecule has 2 aromatic carbocycles. The summed E-state index contributed by atoms with van der Waals surface area (Å²) < 4.78 is 26.4. The predicted molar refractivity (Wildman–Crippen MR) is 145 cm³/mol. The van der Waals surface area contributed by atoms with Crippen LogP contribution in [0, 0.1) is 6.92 Å². The maximum absolute atomic E-state index is 13.7. The number of hydrogen-bond donors (Lipinski definition) is 1. The van der Waals surface area contributed by atoms with E-state index >= 15 is 0 Å². The lowest BCUT2D eigenvalue weighted by atomic mass is 10.1. The molecule has 7 nitrogen and oxygen atoms in total. The minimum absolute atomic E-state index is 0.0812. The van der Waals surface area contributed by atoms with Crippen LogP contribution in [0.4, 0.5) is 5.69 Å². The highest BCUT2D eigenvalue weighted by Crippen LogP contribution is 2.25. The molecule has 10 heteroatoms. The van der Waals surface area contributed by atoms with Gasteiger partial charge >= 0.3 is 0 Å². The molecule has 0 aliphatic heterocycles. The van der Waals surface area contributed by atoms with Gasteiger partial charge in [-0.3, -0.25) is 13.9 Å². The van der Waals surface area contributed by atoms with E-state index in [-0.39, 0.29) is 18.5 Å². The summed E-state index contributed by atoms with van der Waals surface area (Å²) in [6, 6.07) is 11.3. The summed E-state index contributed by atoms with van der Waals surface area (Å²) in [7, 11) is -3.77. The van der Waals surface area contributed by atoms with E-state index in [1.807, 2.05) is 13.8 Å². The molecular weight excluding hydrogens is 521 g/mol. The molecule has 2 aromatic rings. The first kappa shape index (κ1) is 28.3. The number of amides is 2. The Bertz CT molecular complexity index is 1180. The van der Waals surface area contributed by atoms with E-state index in [2.05, 4.69) is 5.32 Å². The molecule has 0 bridgehead atoms. The van der Waals surface area contributed by atoms with Crippen LogP contribution < -0.4 is 9.62 Å². The molecule has 0 heterocycles. The molecule has 196 valence electrons. The van der Waals surface area contributed by atoms with Crippen molar-refractivity contribution in [2.24, 2.45) is 0 Å². The van der Waals surface area contributed by atoms with Gasteiger partial charge in [0.1, 0.15) is 12.6 Å². The molecule has 3 rings (SSSR count). The van der Waals surface area contributed by atoms with Crippen LogP contribution in [-0.4, -0.2) is 50.0 Å². The fourth-order valence-corrected chi connectivity index (χ4v) is 5.62.